The molecule has 1 fully saturated rings. The molecule has 1 aliphatic rings. The van der Waals surface area contributed by atoms with Crippen molar-refractivity contribution in [3.05, 3.63) is 0 Å². The maximum Gasteiger partial charge on any atom is 0.308 e. The van der Waals surface area contributed by atoms with Crippen LogP contribution in [0.25, 0.3) is 0 Å². The number of nitrogens with one attached hydrogen (secondary N) is 2. The molecule has 1 heterocycles. The maximum absolute atomic E-state index is 11.7. The Kier molecular flexibility index (Phi) is 5.41. The summed E-state index contributed by atoms with van der Waals surface area (Å²) < 4.78 is 0. The van der Waals surface area contributed by atoms with Gasteiger partial charge >= 0.3 is 5.97 Å². The average Bonchev–Trinajstić information content (AvgIpc) is 2.28. The fourth-order valence-corrected chi connectivity index (χ4v) is 2.01. The highest BCUT2D eigenvalue weighted by molar-refractivity contribution is 5.78. The number of piperidine rings is 1. The van der Waals surface area contributed by atoms with Crippen LogP contribution in [0.1, 0.15) is 33.1 Å². The van der Waals surface area contributed by atoms with E-state index in [0.29, 0.717) is 12.3 Å². The Hall–Kier alpha value is -1.10. The molecule has 3 atom stereocenters. The summed E-state index contributed by atoms with van der Waals surface area (Å²) in [5.74, 6) is -1.09. The van der Waals surface area contributed by atoms with Crippen LogP contribution in [0.15, 0.2) is 0 Å². The number of carbonyl (C=O) groups excluding carboxylic acids is 1. The second-order valence-corrected chi connectivity index (χ2v) is 4.90. The first kappa shape index (κ1) is 14.0. The van der Waals surface area contributed by atoms with Gasteiger partial charge in [-0.2, -0.15) is 0 Å². The lowest BCUT2D eigenvalue weighted by Crippen LogP contribution is -2.42. The van der Waals surface area contributed by atoms with E-state index in [2.05, 4.69) is 10.6 Å². The zero-order valence-electron chi connectivity index (χ0n) is 10.5. The Morgan fingerprint density at radius 1 is 1.47 bits per heavy atom. The van der Waals surface area contributed by atoms with Crippen LogP contribution in [0.4, 0.5) is 0 Å². The molecule has 17 heavy (non-hydrogen) atoms. The van der Waals surface area contributed by atoms with Gasteiger partial charge in [0.15, 0.2) is 0 Å². The highest BCUT2D eigenvalue weighted by Gasteiger charge is 2.22. The molecule has 0 spiro atoms. The van der Waals surface area contributed by atoms with Crippen molar-refractivity contribution in [1.82, 2.24) is 10.6 Å². The first-order chi connectivity index (χ1) is 8.00. The third-order valence-corrected chi connectivity index (χ3v) is 3.40. The average molecular weight is 242 g/mol. The number of rotatable bonds is 5. The van der Waals surface area contributed by atoms with Crippen molar-refractivity contribution in [2.24, 2.45) is 11.8 Å². The minimum absolute atomic E-state index is 0.0423. The van der Waals surface area contributed by atoms with E-state index in [1.807, 2.05) is 0 Å². The monoisotopic (exact) mass is 242 g/mol. The van der Waals surface area contributed by atoms with E-state index < -0.39 is 11.9 Å². The summed E-state index contributed by atoms with van der Waals surface area (Å²) in [7, 11) is 0. The smallest absolute Gasteiger partial charge is 0.308 e. The summed E-state index contributed by atoms with van der Waals surface area (Å²) in [6, 6.07) is -0.323. The Morgan fingerprint density at radius 2 is 2.18 bits per heavy atom. The predicted molar refractivity (Wildman–Crippen MR) is 64.6 cm³/mol. The Balaban J connectivity index is 2.30. The van der Waals surface area contributed by atoms with Crippen molar-refractivity contribution in [3.8, 4) is 0 Å². The molecule has 1 saturated heterocycles. The van der Waals surface area contributed by atoms with Crippen LogP contribution in [0.2, 0.25) is 0 Å². The number of hydrogen-bond donors (Lipinski definition) is 3. The number of amides is 1. The molecule has 0 saturated carbocycles. The van der Waals surface area contributed by atoms with E-state index >= 15 is 0 Å². The van der Waals surface area contributed by atoms with Gasteiger partial charge in [-0.25, -0.2) is 0 Å². The van der Waals surface area contributed by atoms with Gasteiger partial charge in [0.1, 0.15) is 0 Å². The summed E-state index contributed by atoms with van der Waals surface area (Å²) in [4.78, 5) is 22.5. The Bertz CT molecular complexity index is 275. The van der Waals surface area contributed by atoms with Crippen LogP contribution < -0.4 is 10.6 Å². The molecule has 0 radical (unpaired) electrons. The molecule has 1 amide bonds. The van der Waals surface area contributed by atoms with Gasteiger partial charge in [-0.1, -0.05) is 0 Å². The van der Waals surface area contributed by atoms with Crippen LogP contribution in [0.5, 0.6) is 0 Å². The van der Waals surface area contributed by atoms with Gasteiger partial charge in [-0.05, 0) is 45.7 Å². The van der Waals surface area contributed by atoms with Crippen molar-refractivity contribution in [1.29, 1.82) is 0 Å². The molecular formula is C12H22N2O3. The standard InChI is InChI=1S/C12H22N2O3/c1-8(12(16)17)9(2)14-11(15)6-10-4-3-5-13-7-10/h8-10,13H,3-7H2,1-2H3,(H,14,15)(H,16,17). The quantitative estimate of drug-likeness (QED) is 0.659. The number of aliphatic carboxylic acids is 1. The number of carboxylic acids is 1. The lowest BCUT2D eigenvalue weighted by molar-refractivity contribution is -0.142. The molecule has 1 aliphatic heterocycles. The lowest BCUT2D eigenvalue weighted by atomic mass is 9.95. The highest BCUT2D eigenvalue weighted by Crippen LogP contribution is 2.14. The van der Waals surface area contributed by atoms with Gasteiger partial charge < -0.3 is 15.7 Å². The maximum atomic E-state index is 11.7. The third-order valence-electron chi connectivity index (χ3n) is 3.40. The van der Waals surface area contributed by atoms with Crippen LogP contribution in [-0.2, 0) is 9.59 Å². The van der Waals surface area contributed by atoms with Crippen LogP contribution >= 0.6 is 0 Å². The second kappa shape index (κ2) is 6.59. The molecule has 0 aliphatic carbocycles. The molecule has 0 aromatic heterocycles. The zero-order chi connectivity index (χ0) is 12.8. The van der Waals surface area contributed by atoms with E-state index in [4.69, 9.17) is 5.11 Å². The van der Waals surface area contributed by atoms with E-state index in [-0.39, 0.29) is 11.9 Å². The number of hydrogen-bond acceptors (Lipinski definition) is 3. The van der Waals surface area contributed by atoms with Crippen molar-refractivity contribution in [2.75, 3.05) is 13.1 Å². The molecule has 5 heteroatoms. The molecule has 98 valence electrons. The van der Waals surface area contributed by atoms with Crippen molar-refractivity contribution < 1.29 is 14.7 Å². The van der Waals surface area contributed by atoms with Gasteiger partial charge in [-0.15, -0.1) is 0 Å². The van der Waals surface area contributed by atoms with E-state index in [9.17, 15) is 9.59 Å². The topological polar surface area (TPSA) is 78.4 Å². The molecular weight excluding hydrogens is 220 g/mol. The van der Waals surface area contributed by atoms with Crippen LogP contribution in [-0.4, -0.2) is 36.1 Å². The summed E-state index contributed by atoms with van der Waals surface area (Å²) in [5.41, 5.74) is 0. The van der Waals surface area contributed by atoms with Gasteiger partial charge in [0, 0.05) is 12.5 Å². The van der Waals surface area contributed by atoms with E-state index in [1.54, 1.807) is 13.8 Å². The fourth-order valence-electron chi connectivity index (χ4n) is 2.01. The lowest BCUT2D eigenvalue weighted by Gasteiger charge is -2.24. The van der Waals surface area contributed by atoms with Gasteiger partial charge in [0.2, 0.25) is 5.91 Å². The van der Waals surface area contributed by atoms with E-state index in [0.717, 1.165) is 25.9 Å². The van der Waals surface area contributed by atoms with Crippen LogP contribution in [0, 0.1) is 11.8 Å². The molecule has 0 aromatic rings. The van der Waals surface area contributed by atoms with E-state index in [1.165, 1.54) is 0 Å². The van der Waals surface area contributed by atoms with Gasteiger partial charge in [0.05, 0.1) is 5.92 Å². The summed E-state index contributed by atoms with van der Waals surface area (Å²) in [5, 5.41) is 14.8. The zero-order valence-corrected chi connectivity index (χ0v) is 10.5. The van der Waals surface area contributed by atoms with Gasteiger partial charge in [0.25, 0.3) is 0 Å². The second-order valence-electron chi connectivity index (χ2n) is 4.90. The Labute approximate surface area is 102 Å². The third kappa shape index (κ3) is 4.73. The number of carbonyl (C=O) groups is 2. The van der Waals surface area contributed by atoms with Crippen molar-refractivity contribution >= 4 is 11.9 Å². The minimum Gasteiger partial charge on any atom is -0.481 e. The molecule has 0 bridgehead atoms. The largest absolute Gasteiger partial charge is 0.481 e. The summed E-state index contributed by atoms with van der Waals surface area (Å²) >= 11 is 0. The van der Waals surface area contributed by atoms with Gasteiger partial charge in [-0.3, -0.25) is 9.59 Å². The molecule has 3 N–H and O–H groups in total. The fraction of sp³-hybridized carbons (Fsp3) is 0.833. The highest BCUT2D eigenvalue weighted by atomic mass is 16.4. The van der Waals surface area contributed by atoms with Crippen molar-refractivity contribution in [2.45, 2.75) is 39.2 Å². The Morgan fingerprint density at radius 3 is 2.71 bits per heavy atom. The summed E-state index contributed by atoms with van der Waals surface area (Å²) in [6.07, 6.45) is 2.67. The molecule has 1 rings (SSSR count). The normalized spacial score (nSPS) is 23.8. The molecule has 5 nitrogen and oxygen atoms in total. The first-order valence-electron chi connectivity index (χ1n) is 6.23. The molecule has 3 unspecified atom stereocenters. The first-order valence-corrected chi connectivity index (χ1v) is 6.23. The molecule has 0 aromatic carbocycles. The minimum atomic E-state index is -0.878. The number of carboxylic acid groups (broad SMARTS) is 1. The van der Waals surface area contributed by atoms with Crippen LogP contribution in [0.3, 0.4) is 0 Å². The summed E-state index contributed by atoms with van der Waals surface area (Å²) in [6.45, 7) is 5.26. The SMILES string of the molecule is CC(NC(=O)CC1CCCNC1)C(C)C(=O)O. The van der Waals surface area contributed by atoms with Crippen molar-refractivity contribution in [3.63, 3.8) is 0 Å². The predicted octanol–water partition coefficient (Wildman–Crippen LogP) is 0.602.